The summed E-state index contributed by atoms with van der Waals surface area (Å²) >= 11 is 0. The summed E-state index contributed by atoms with van der Waals surface area (Å²) in [5, 5.41) is 10.1. The highest BCUT2D eigenvalue weighted by atomic mass is 19.1. The van der Waals surface area contributed by atoms with Gasteiger partial charge in [0.05, 0.1) is 30.6 Å². The minimum Gasteiger partial charge on any atom is -0.383 e. The van der Waals surface area contributed by atoms with Crippen molar-refractivity contribution in [2.24, 2.45) is 5.92 Å². The number of methoxy groups -OCH3 is 1. The minimum atomic E-state index is -0.357. The topological polar surface area (TPSA) is 88.5 Å². The van der Waals surface area contributed by atoms with Crippen molar-refractivity contribution in [3.8, 4) is 0 Å². The molecular formula is C20H24FN5O3. The van der Waals surface area contributed by atoms with Gasteiger partial charge in [0.1, 0.15) is 5.82 Å². The fourth-order valence-electron chi connectivity index (χ4n) is 3.60. The van der Waals surface area contributed by atoms with Crippen molar-refractivity contribution in [3.05, 3.63) is 42.5 Å². The maximum Gasteiger partial charge on any atom is 0.322 e. The molecule has 1 saturated heterocycles. The van der Waals surface area contributed by atoms with Crippen LogP contribution in [0.3, 0.4) is 0 Å². The van der Waals surface area contributed by atoms with Crippen LogP contribution in [0.25, 0.3) is 0 Å². The highest BCUT2D eigenvalue weighted by Gasteiger charge is 2.37. The Hall–Kier alpha value is -2.94. The van der Waals surface area contributed by atoms with Crippen LogP contribution in [0, 0.1) is 11.7 Å². The third kappa shape index (κ3) is 4.56. The third-order valence-electron chi connectivity index (χ3n) is 5.30. The molecule has 2 aliphatic rings. The zero-order chi connectivity index (χ0) is 20.4. The van der Waals surface area contributed by atoms with Crippen molar-refractivity contribution in [2.75, 3.05) is 30.9 Å². The fourth-order valence-corrected chi connectivity index (χ4v) is 3.60. The number of anilines is 2. The number of aromatic nitrogens is 2. The molecule has 2 N–H and O–H groups in total. The predicted molar refractivity (Wildman–Crippen MR) is 105 cm³/mol. The molecule has 2 fully saturated rings. The second-order valence-electron chi connectivity index (χ2n) is 7.56. The first-order valence-corrected chi connectivity index (χ1v) is 9.70. The SMILES string of the molecule is COC[C@@H]1C[C@H](n2cc(NC(=O)C3CC3)cn2)CN1C(=O)Nc1ccc(F)cc1. The number of nitrogens with one attached hydrogen (secondary N) is 2. The van der Waals surface area contributed by atoms with Crippen molar-refractivity contribution in [1.29, 1.82) is 0 Å². The molecule has 2 atom stereocenters. The molecule has 0 unspecified atom stereocenters. The van der Waals surface area contributed by atoms with Gasteiger partial charge < -0.3 is 20.3 Å². The number of hydrogen-bond donors (Lipinski definition) is 2. The molecule has 9 heteroatoms. The van der Waals surface area contributed by atoms with Crippen molar-refractivity contribution >= 4 is 23.3 Å². The Morgan fingerprint density at radius 1 is 1.21 bits per heavy atom. The first-order chi connectivity index (χ1) is 14.0. The molecule has 2 aromatic rings. The van der Waals surface area contributed by atoms with E-state index in [4.69, 9.17) is 4.74 Å². The van der Waals surface area contributed by atoms with Gasteiger partial charge in [-0.2, -0.15) is 5.10 Å². The van der Waals surface area contributed by atoms with Crippen LogP contribution < -0.4 is 10.6 Å². The number of rotatable bonds is 6. The zero-order valence-electron chi connectivity index (χ0n) is 16.2. The molecule has 2 heterocycles. The lowest BCUT2D eigenvalue weighted by Gasteiger charge is -2.24. The summed E-state index contributed by atoms with van der Waals surface area (Å²) in [5.74, 6) is -0.195. The molecule has 1 saturated carbocycles. The van der Waals surface area contributed by atoms with E-state index in [1.54, 1.807) is 29.1 Å². The molecule has 1 aromatic heterocycles. The van der Waals surface area contributed by atoms with Crippen molar-refractivity contribution in [3.63, 3.8) is 0 Å². The number of likely N-dealkylation sites (tertiary alicyclic amines) is 1. The third-order valence-corrected chi connectivity index (χ3v) is 5.30. The van der Waals surface area contributed by atoms with E-state index in [2.05, 4.69) is 15.7 Å². The maximum atomic E-state index is 13.1. The van der Waals surface area contributed by atoms with Gasteiger partial charge in [-0.05, 0) is 43.5 Å². The molecule has 4 rings (SSSR count). The average molecular weight is 401 g/mol. The lowest BCUT2D eigenvalue weighted by molar-refractivity contribution is -0.117. The first kappa shape index (κ1) is 19.4. The first-order valence-electron chi connectivity index (χ1n) is 9.70. The summed E-state index contributed by atoms with van der Waals surface area (Å²) in [4.78, 5) is 26.4. The molecule has 0 radical (unpaired) electrons. The van der Waals surface area contributed by atoms with Gasteiger partial charge in [-0.1, -0.05) is 0 Å². The highest BCUT2D eigenvalue weighted by Crippen LogP contribution is 2.31. The van der Waals surface area contributed by atoms with E-state index in [1.165, 1.54) is 24.3 Å². The van der Waals surface area contributed by atoms with Crippen LogP contribution in [0.4, 0.5) is 20.6 Å². The Kier molecular flexibility index (Phi) is 5.48. The van der Waals surface area contributed by atoms with E-state index >= 15 is 0 Å². The normalized spacial score (nSPS) is 21.2. The molecule has 1 aliphatic heterocycles. The summed E-state index contributed by atoms with van der Waals surface area (Å²) in [7, 11) is 1.60. The van der Waals surface area contributed by atoms with E-state index in [0.29, 0.717) is 30.9 Å². The van der Waals surface area contributed by atoms with Crippen molar-refractivity contribution in [1.82, 2.24) is 14.7 Å². The van der Waals surface area contributed by atoms with Gasteiger partial charge >= 0.3 is 6.03 Å². The monoisotopic (exact) mass is 401 g/mol. The molecule has 1 aliphatic carbocycles. The molecule has 3 amide bonds. The van der Waals surface area contributed by atoms with Gasteiger partial charge in [-0.25, -0.2) is 9.18 Å². The van der Waals surface area contributed by atoms with Gasteiger partial charge in [0, 0.05) is 31.5 Å². The minimum absolute atomic E-state index is 0.0271. The number of hydrogen-bond acceptors (Lipinski definition) is 4. The van der Waals surface area contributed by atoms with Crippen LogP contribution in [-0.2, 0) is 9.53 Å². The number of nitrogens with zero attached hydrogens (tertiary/aromatic N) is 3. The highest BCUT2D eigenvalue weighted by molar-refractivity contribution is 5.93. The van der Waals surface area contributed by atoms with E-state index in [1.807, 2.05) is 0 Å². The summed E-state index contributed by atoms with van der Waals surface area (Å²) in [6.07, 6.45) is 6.00. The smallest absolute Gasteiger partial charge is 0.322 e. The summed E-state index contributed by atoms with van der Waals surface area (Å²) in [6.45, 7) is 0.860. The number of carbonyl (C=O) groups excluding carboxylic acids is 2. The van der Waals surface area contributed by atoms with E-state index in [9.17, 15) is 14.0 Å². The molecule has 0 spiro atoms. The number of halogens is 1. The molecule has 8 nitrogen and oxygen atoms in total. The Morgan fingerprint density at radius 2 is 1.97 bits per heavy atom. The van der Waals surface area contributed by atoms with Crippen LogP contribution >= 0.6 is 0 Å². The summed E-state index contributed by atoms with van der Waals surface area (Å²) < 4.78 is 20.2. The fraction of sp³-hybridized carbons (Fsp3) is 0.450. The molecular weight excluding hydrogens is 377 g/mol. The molecule has 29 heavy (non-hydrogen) atoms. The van der Waals surface area contributed by atoms with Gasteiger partial charge in [-0.15, -0.1) is 0 Å². The van der Waals surface area contributed by atoms with Crippen molar-refractivity contribution < 1.29 is 18.7 Å². The lowest BCUT2D eigenvalue weighted by atomic mass is 10.2. The predicted octanol–water partition coefficient (Wildman–Crippen LogP) is 2.86. The Bertz CT molecular complexity index is 880. The second kappa shape index (κ2) is 8.20. The zero-order valence-corrected chi connectivity index (χ0v) is 16.2. The number of carbonyl (C=O) groups is 2. The van der Waals surface area contributed by atoms with Crippen LogP contribution in [0.5, 0.6) is 0 Å². The Labute approximate surface area is 168 Å². The Balaban J connectivity index is 1.42. The van der Waals surface area contributed by atoms with Crippen LogP contribution in [-0.4, -0.2) is 52.9 Å². The molecule has 0 bridgehead atoms. The number of ether oxygens (including phenoxy) is 1. The lowest BCUT2D eigenvalue weighted by Crippen LogP contribution is -2.41. The summed E-state index contributed by atoms with van der Waals surface area (Å²) in [6, 6.07) is 5.24. The van der Waals surface area contributed by atoms with Gasteiger partial charge in [0.15, 0.2) is 0 Å². The second-order valence-corrected chi connectivity index (χ2v) is 7.56. The number of amides is 3. The number of urea groups is 1. The standard InChI is InChI=1S/C20H24FN5O3/c1-29-12-18-8-17(26-10-16(9-22-26)23-19(27)13-2-3-13)11-25(18)20(28)24-15-6-4-14(21)5-7-15/h4-7,9-10,13,17-18H,2-3,8,11-12H2,1H3,(H,23,27)(H,24,28)/t17-,18-/m0/s1. The Morgan fingerprint density at radius 3 is 2.66 bits per heavy atom. The van der Waals surface area contributed by atoms with Crippen LogP contribution in [0.15, 0.2) is 36.7 Å². The van der Waals surface area contributed by atoms with E-state index < -0.39 is 0 Å². The molecule has 1 aromatic carbocycles. The van der Waals surface area contributed by atoms with Gasteiger partial charge in [0.2, 0.25) is 5.91 Å². The maximum absolute atomic E-state index is 13.1. The van der Waals surface area contributed by atoms with Gasteiger partial charge in [0.25, 0.3) is 0 Å². The van der Waals surface area contributed by atoms with Crippen LogP contribution in [0.1, 0.15) is 25.3 Å². The van der Waals surface area contributed by atoms with E-state index in [0.717, 1.165) is 12.8 Å². The number of benzene rings is 1. The average Bonchev–Trinajstić information content (AvgIpc) is 3.32. The van der Waals surface area contributed by atoms with E-state index in [-0.39, 0.29) is 35.8 Å². The van der Waals surface area contributed by atoms with Gasteiger partial charge in [-0.3, -0.25) is 9.48 Å². The van der Waals surface area contributed by atoms with Crippen molar-refractivity contribution in [2.45, 2.75) is 31.3 Å². The molecule has 154 valence electrons. The van der Waals surface area contributed by atoms with Crippen LogP contribution in [0.2, 0.25) is 0 Å². The largest absolute Gasteiger partial charge is 0.383 e. The quantitative estimate of drug-likeness (QED) is 0.779. The summed E-state index contributed by atoms with van der Waals surface area (Å²) in [5.41, 5.74) is 1.19.